The van der Waals surface area contributed by atoms with Crippen molar-refractivity contribution in [1.82, 2.24) is 15.6 Å². The lowest BCUT2D eigenvalue weighted by Gasteiger charge is -2.12. The first kappa shape index (κ1) is 13.0. The quantitative estimate of drug-likeness (QED) is 0.903. The summed E-state index contributed by atoms with van der Waals surface area (Å²) in [5, 5.41) is 5.90. The molecule has 0 spiro atoms. The van der Waals surface area contributed by atoms with Crippen LogP contribution in [0.5, 0.6) is 0 Å². The molecule has 0 aliphatic heterocycles. The van der Waals surface area contributed by atoms with E-state index in [-0.39, 0.29) is 6.03 Å². The summed E-state index contributed by atoms with van der Waals surface area (Å²) in [7, 11) is 0. The van der Waals surface area contributed by atoms with Crippen molar-refractivity contribution < 1.29 is 9.21 Å². The number of carbonyl (C=O) groups excluding carboxylic acids is 1. The molecule has 1 aromatic heterocycles. The van der Waals surface area contributed by atoms with Crippen molar-refractivity contribution in [2.45, 2.75) is 45.2 Å². The average Bonchev–Trinajstić information content (AvgIpc) is 3.04. The molecule has 0 radical (unpaired) electrons. The highest BCUT2D eigenvalue weighted by atomic mass is 16.3. The summed E-state index contributed by atoms with van der Waals surface area (Å²) in [6.45, 7) is 2.33. The SMILES string of the molecule is Cc1nc2cc(CNC(=O)NC3CCCC3)ccc2o1. The monoisotopic (exact) mass is 273 g/mol. The predicted molar refractivity (Wildman–Crippen MR) is 76.4 cm³/mol. The molecule has 20 heavy (non-hydrogen) atoms. The Morgan fingerprint density at radius 1 is 1.40 bits per heavy atom. The van der Waals surface area contributed by atoms with E-state index in [1.165, 1.54) is 12.8 Å². The number of nitrogens with one attached hydrogen (secondary N) is 2. The van der Waals surface area contributed by atoms with Crippen LogP contribution in [0.25, 0.3) is 11.1 Å². The number of aryl methyl sites for hydroxylation is 1. The number of rotatable bonds is 3. The van der Waals surface area contributed by atoms with Crippen molar-refractivity contribution in [1.29, 1.82) is 0 Å². The molecule has 2 N–H and O–H groups in total. The standard InChI is InChI=1S/C15H19N3O2/c1-10-17-13-8-11(6-7-14(13)20-10)9-16-15(19)18-12-4-2-3-5-12/h6-8,12H,2-5,9H2,1H3,(H2,16,18,19). The number of amides is 2. The zero-order valence-electron chi connectivity index (χ0n) is 11.6. The molecule has 0 saturated heterocycles. The van der Waals surface area contributed by atoms with Gasteiger partial charge in [0.15, 0.2) is 11.5 Å². The Morgan fingerprint density at radius 2 is 2.20 bits per heavy atom. The fraction of sp³-hybridized carbons (Fsp3) is 0.467. The maximum atomic E-state index is 11.8. The zero-order valence-corrected chi connectivity index (χ0v) is 11.6. The molecule has 5 heteroatoms. The normalized spacial score (nSPS) is 15.7. The van der Waals surface area contributed by atoms with Gasteiger partial charge in [-0.15, -0.1) is 0 Å². The van der Waals surface area contributed by atoms with Crippen molar-refractivity contribution >= 4 is 17.1 Å². The molecule has 5 nitrogen and oxygen atoms in total. The molecule has 1 heterocycles. The van der Waals surface area contributed by atoms with E-state index in [2.05, 4.69) is 15.6 Å². The molecule has 3 rings (SSSR count). The van der Waals surface area contributed by atoms with Crippen LogP contribution in [0.2, 0.25) is 0 Å². The Hall–Kier alpha value is -2.04. The Labute approximate surface area is 117 Å². The summed E-state index contributed by atoms with van der Waals surface area (Å²) < 4.78 is 5.43. The van der Waals surface area contributed by atoms with Crippen molar-refractivity contribution in [3.63, 3.8) is 0 Å². The van der Waals surface area contributed by atoms with Gasteiger partial charge in [0, 0.05) is 19.5 Å². The lowest BCUT2D eigenvalue weighted by atomic mass is 10.2. The van der Waals surface area contributed by atoms with E-state index in [9.17, 15) is 4.79 Å². The summed E-state index contributed by atoms with van der Waals surface area (Å²) in [6.07, 6.45) is 4.62. The Bertz CT molecular complexity index is 615. The van der Waals surface area contributed by atoms with Crippen LogP contribution in [0, 0.1) is 6.92 Å². The minimum absolute atomic E-state index is 0.0895. The smallest absolute Gasteiger partial charge is 0.315 e. The van der Waals surface area contributed by atoms with E-state index >= 15 is 0 Å². The van der Waals surface area contributed by atoms with Gasteiger partial charge in [-0.1, -0.05) is 18.9 Å². The van der Waals surface area contributed by atoms with Crippen molar-refractivity contribution in [2.75, 3.05) is 0 Å². The van der Waals surface area contributed by atoms with Crippen LogP contribution in [0.15, 0.2) is 22.6 Å². The van der Waals surface area contributed by atoms with Gasteiger partial charge in [0.2, 0.25) is 0 Å². The molecule has 1 fully saturated rings. The highest BCUT2D eigenvalue weighted by Crippen LogP contribution is 2.18. The van der Waals surface area contributed by atoms with Gasteiger partial charge in [-0.3, -0.25) is 0 Å². The van der Waals surface area contributed by atoms with Crippen LogP contribution in [0.3, 0.4) is 0 Å². The lowest BCUT2D eigenvalue weighted by molar-refractivity contribution is 0.236. The molecule has 2 amide bonds. The van der Waals surface area contributed by atoms with Crippen LogP contribution < -0.4 is 10.6 Å². The number of oxazole rings is 1. The first-order valence-electron chi connectivity index (χ1n) is 7.11. The lowest BCUT2D eigenvalue weighted by Crippen LogP contribution is -2.40. The zero-order chi connectivity index (χ0) is 13.9. The van der Waals surface area contributed by atoms with Crippen LogP contribution in [-0.2, 0) is 6.54 Å². The van der Waals surface area contributed by atoms with Gasteiger partial charge in [-0.25, -0.2) is 9.78 Å². The van der Waals surface area contributed by atoms with E-state index in [4.69, 9.17) is 4.42 Å². The number of carbonyl (C=O) groups is 1. The van der Waals surface area contributed by atoms with Gasteiger partial charge in [0.1, 0.15) is 5.52 Å². The number of aromatic nitrogens is 1. The largest absolute Gasteiger partial charge is 0.441 e. The summed E-state index contributed by atoms with van der Waals surface area (Å²) in [6, 6.07) is 6.04. The van der Waals surface area contributed by atoms with Gasteiger partial charge >= 0.3 is 6.03 Å². The van der Waals surface area contributed by atoms with E-state index in [1.807, 2.05) is 25.1 Å². The molecular formula is C15H19N3O2. The molecule has 0 atom stereocenters. The number of benzene rings is 1. The van der Waals surface area contributed by atoms with Gasteiger partial charge in [-0.05, 0) is 30.5 Å². The fourth-order valence-corrected chi connectivity index (χ4v) is 2.69. The first-order valence-corrected chi connectivity index (χ1v) is 7.11. The summed E-state index contributed by atoms with van der Waals surface area (Å²) in [5.74, 6) is 0.657. The highest BCUT2D eigenvalue weighted by Gasteiger charge is 2.16. The van der Waals surface area contributed by atoms with E-state index in [1.54, 1.807) is 0 Å². The number of fused-ring (bicyclic) bond motifs is 1. The summed E-state index contributed by atoms with van der Waals surface area (Å²) >= 11 is 0. The number of hydrogen-bond acceptors (Lipinski definition) is 3. The Balaban J connectivity index is 1.57. The third kappa shape index (κ3) is 2.92. The van der Waals surface area contributed by atoms with Crippen LogP contribution in [-0.4, -0.2) is 17.1 Å². The molecule has 1 saturated carbocycles. The molecule has 0 bridgehead atoms. The second-order valence-corrected chi connectivity index (χ2v) is 5.34. The first-order chi connectivity index (χ1) is 9.70. The fourth-order valence-electron chi connectivity index (χ4n) is 2.69. The Morgan fingerprint density at radius 3 is 3.00 bits per heavy atom. The molecular weight excluding hydrogens is 254 g/mol. The van der Waals surface area contributed by atoms with Gasteiger partial charge < -0.3 is 15.1 Å². The molecule has 106 valence electrons. The number of nitrogens with zero attached hydrogens (tertiary/aromatic N) is 1. The molecule has 1 aliphatic carbocycles. The third-order valence-electron chi connectivity index (χ3n) is 3.70. The van der Waals surface area contributed by atoms with Crippen molar-refractivity contribution in [3.8, 4) is 0 Å². The van der Waals surface area contributed by atoms with Crippen LogP contribution >= 0.6 is 0 Å². The minimum atomic E-state index is -0.0895. The van der Waals surface area contributed by atoms with E-state index in [0.717, 1.165) is 29.5 Å². The second-order valence-electron chi connectivity index (χ2n) is 5.34. The minimum Gasteiger partial charge on any atom is -0.441 e. The summed E-state index contributed by atoms with van der Waals surface area (Å²) in [5.41, 5.74) is 2.63. The topological polar surface area (TPSA) is 67.2 Å². The molecule has 0 unspecified atom stereocenters. The van der Waals surface area contributed by atoms with E-state index in [0.29, 0.717) is 18.5 Å². The average molecular weight is 273 g/mol. The molecule has 1 aliphatic rings. The highest BCUT2D eigenvalue weighted by molar-refractivity contribution is 5.75. The predicted octanol–water partition coefficient (Wildman–Crippen LogP) is 2.88. The van der Waals surface area contributed by atoms with E-state index < -0.39 is 0 Å². The summed E-state index contributed by atoms with van der Waals surface area (Å²) in [4.78, 5) is 16.1. The van der Waals surface area contributed by atoms with Crippen molar-refractivity contribution in [2.24, 2.45) is 0 Å². The van der Waals surface area contributed by atoms with Gasteiger partial charge in [0.25, 0.3) is 0 Å². The Kier molecular flexibility index (Phi) is 3.58. The number of urea groups is 1. The van der Waals surface area contributed by atoms with Crippen LogP contribution in [0.1, 0.15) is 37.1 Å². The van der Waals surface area contributed by atoms with Gasteiger partial charge in [0.05, 0.1) is 0 Å². The maximum absolute atomic E-state index is 11.8. The maximum Gasteiger partial charge on any atom is 0.315 e. The molecule has 2 aromatic rings. The second kappa shape index (κ2) is 5.53. The third-order valence-corrected chi connectivity index (χ3v) is 3.70. The van der Waals surface area contributed by atoms with Crippen LogP contribution in [0.4, 0.5) is 4.79 Å². The molecule has 1 aromatic carbocycles. The van der Waals surface area contributed by atoms with Crippen molar-refractivity contribution in [3.05, 3.63) is 29.7 Å². The number of hydrogen-bond donors (Lipinski definition) is 2. The van der Waals surface area contributed by atoms with Gasteiger partial charge in [-0.2, -0.15) is 0 Å².